The zero-order valence-electron chi connectivity index (χ0n) is 14.2. The fraction of sp³-hybridized carbons (Fsp3) is 0.188. The van der Waals surface area contributed by atoms with E-state index in [-0.39, 0.29) is 22.0 Å². The van der Waals surface area contributed by atoms with Crippen molar-refractivity contribution in [2.45, 2.75) is 6.92 Å². The molecule has 0 aliphatic rings. The van der Waals surface area contributed by atoms with Gasteiger partial charge >= 0.3 is 0 Å². The normalized spacial score (nSPS) is 11.1. The topological polar surface area (TPSA) is 110 Å². The summed E-state index contributed by atoms with van der Waals surface area (Å²) in [6.07, 6.45) is 1.05. The molecule has 0 spiro atoms. The number of nitrogens with zero attached hydrogens (tertiary/aromatic N) is 2. The second kappa shape index (κ2) is 7.30. The number of carbonyl (C=O) groups excluding carboxylic acids is 1. The smallest absolute Gasteiger partial charge is 0.274 e. The molecule has 0 bridgehead atoms. The number of rotatable bonds is 5. The Kier molecular flexibility index (Phi) is 5.53. The summed E-state index contributed by atoms with van der Waals surface area (Å²) in [6, 6.07) is 8.54. The number of sulfonamides is 1. The van der Waals surface area contributed by atoms with Crippen LogP contribution in [0.15, 0.2) is 36.4 Å². The van der Waals surface area contributed by atoms with E-state index >= 15 is 0 Å². The van der Waals surface area contributed by atoms with Crippen LogP contribution in [0.1, 0.15) is 15.9 Å². The monoisotopic (exact) mass is 397 g/mol. The largest absolute Gasteiger partial charge is 0.321 e. The highest BCUT2D eigenvalue weighted by Crippen LogP contribution is 2.28. The van der Waals surface area contributed by atoms with Gasteiger partial charge < -0.3 is 5.32 Å². The second-order valence-corrected chi connectivity index (χ2v) is 7.98. The number of amides is 1. The minimum absolute atomic E-state index is 0.0542. The van der Waals surface area contributed by atoms with Crippen molar-refractivity contribution >= 4 is 44.6 Å². The van der Waals surface area contributed by atoms with Crippen LogP contribution in [0.4, 0.5) is 17.1 Å². The number of benzene rings is 2. The molecule has 0 saturated heterocycles. The Morgan fingerprint density at radius 3 is 2.46 bits per heavy atom. The summed E-state index contributed by atoms with van der Waals surface area (Å²) in [5.74, 6) is -0.563. The van der Waals surface area contributed by atoms with Crippen molar-refractivity contribution in [3.05, 3.63) is 62.7 Å². The first kappa shape index (κ1) is 19.7. The van der Waals surface area contributed by atoms with Gasteiger partial charge in [-0.15, -0.1) is 0 Å². The third kappa shape index (κ3) is 4.12. The van der Waals surface area contributed by atoms with E-state index in [2.05, 4.69) is 5.32 Å². The van der Waals surface area contributed by atoms with Crippen molar-refractivity contribution in [2.75, 3.05) is 22.9 Å². The van der Waals surface area contributed by atoms with Crippen LogP contribution < -0.4 is 9.62 Å². The molecule has 10 heteroatoms. The van der Waals surface area contributed by atoms with E-state index in [4.69, 9.17) is 11.6 Å². The molecule has 2 aromatic carbocycles. The van der Waals surface area contributed by atoms with Gasteiger partial charge in [0.25, 0.3) is 11.6 Å². The Morgan fingerprint density at radius 2 is 1.92 bits per heavy atom. The Morgan fingerprint density at radius 1 is 1.27 bits per heavy atom. The molecule has 0 saturated carbocycles. The molecule has 138 valence electrons. The highest BCUT2D eigenvalue weighted by Gasteiger charge is 2.19. The molecule has 0 unspecified atom stereocenters. The number of nitro groups is 1. The van der Waals surface area contributed by atoms with E-state index in [9.17, 15) is 23.3 Å². The Hall–Kier alpha value is -2.65. The number of carbonyl (C=O) groups is 1. The molecule has 0 aromatic heterocycles. The van der Waals surface area contributed by atoms with Gasteiger partial charge in [0.2, 0.25) is 10.0 Å². The van der Waals surface area contributed by atoms with Crippen LogP contribution in [0.25, 0.3) is 0 Å². The van der Waals surface area contributed by atoms with Gasteiger partial charge in [-0.3, -0.25) is 19.2 Å². The third-order valence-electron chi connectivity index (χ3n) is 3.81. The highest BCUT2D eigenvalue weighted by molar-refractivity contribution is 7.92. The van der Waals surface area contributed by atoms with Gasteiger partial charge in [-0.25, -0.2) is 8.42 Å². The Labute approximate surface area is 155 Å². The molecule has 0 aliphatic carbocycles. The number of nitro benzene ring substituents is 1. The number of anilines is 2. The number of halogens is 1. The van der Waals surface area contributed by atoms with Crippen molar-refractivity contribution in [3.63, 3.8) is 0 Å². The molecular weight excluding hydrogens is 382 g/mol. The van der Waals surface area contributed by atoms with Crippen LogP contribution >= 0.6 is 11.6 Å². The molecule has 0 atom stereocenters. The van der Waals surface area contributed by atoms with Gasteiger partial charge in [0, 0.05) is 13.1 Å². The Bertz CT molecular complexity index is 991. The fourth-order valence-electron chi connectivity index (χ4n) is 2.22. The van der Waals surface area contributed by atoms with Crippen LogP contribution in [0, 0.1) is 17.0 Å². The number of hydrogen-bond donors (Lipinski definition) is 1. The molecular formula is C16H16ClN3O5S. The predicted octanol–water partition coefficient (Wildman–Crippen LogP) is 3.20. The summed E-state index contributed by atoms with van der Waals surface area (Å²) in [6.45, 7) is 1.53. The summed E-state index contributed by atoms with van der Waals surface area (Å²) in [5.41, 5.74) is 0.913. The van der Waals surface area contributed by atoms with E-state index in [1.807, 2.05) is 0 Å². The zero-order valence-corrected chi connectivity index (χ0v) is 15.8. The van der Waals surface area contributed by atoms with Crippen molar-refractivity contribution < 1.29 is 18.1 Å². The standard InChI is InChI=1S/C16H16ClN3O5S/c1-10-14(5-4-6-15(10)20(22)23)18-16(21)12-8-7-11(9-13(12)17)19(2)26(3,24)25/h4-9H,1-3H3,(H,18,21). The summed E-state index contributed by atoms with van der Waals surface area (Å²) in [4.78, 5) is 22.9. The lowest BCUT2D eigenvalue weighted by Gasteiger charge is -2.17. The van der Waals surface area contributed by atoms with Crippen LogP contribution in [0.3, 0.4) is 0 Å². The molecule has 0 radical (unpaired) electrons. The molecule has 0 fully saturated rings. The molecule has 0 heterocycles. The molecule has 0 aliphatic heterocycles. The summed E-state index contributed by atoms with van der Waals surface area (Å²) in [7, 11) is -2.09. The first-order chi connectivity index (χ1) is 12.0. The van der Waals surface area contributed by atoms with Crippen LogP contribution in [0.5, 0.6) is 0 Å². The quantitative estimate of drug-likeness (QED) is 0.615. The maximum absolute atomic E-state index is 12.4. The van der Waals surface area contributed by atoms with Gasteiger partial charge in [0.15, 0.2) is 0 Å². The molecule has 2 aromatic rings. The van der Waals surface area contributed by atoms with Crippen molar-refractivity contribution in [1.82, 2.24) is 0 Å². The summed E-state index contributed by atoms with van der Waals surface area (Å²) < 4.78 is 24.2. The zero-order chi connectivity index (χ0) is 19.6. The number of hydrogen-bond acceptors (Lipinski definition) is 5. The maximum atomic E-state index is 12.4. The SMILES string of the molecule is Cc1c(NC(=O)c2ccc(N(C)S(C)(=O)=O)cc2Cl)cccc1[N+](=O)[O-]. The van der Waals surface area contributed by atoms with Gasteiger partial charge in [0.1, 0.15) is 0 Å². The summed E-state index contributed by atoms with van der Waals surface area (Å²) >= 11 is 6.12. The lowest BCUT2D eigenvalue weighted by Crippen LogP contribution is -2.25. The van der Waals surface area contributed by atoms with Gasteiger partial charge in [-0.1, -0.05) is 17.7 Å². The molecule has 26 heavy (non-hydrogen) atoms. The third-order valence-corrected chi connectivity index (χ3v) is 5.33. The van der Waals surface area contributed by atoms with E-state index in [0.29, 0.717) is 11.3 Å². The minimum Gasteiger partial charge on any atom is -0.321 e. The molecule has 1 N–H and O–H groups in total. The van der Waals surface area contributed by atoms with Crippen LogP contribution in [-0.4, -0.2) is 32.6 Å². The fourth-order valence-corrected chi connectivity index (χ4v) is 2.98. The maximum Gasteiger partial charge on any atom is 0.274 e. The first-order valence-corrected chi connectivity index (χ1v) is 9.54. The first-order valence-electron chi connectivity index (χ1n) is 7.31. The Balaban J connectivity index is 2.32. The van der Waals surface area contributed by atoms with Crippen molar-refractivity contribution in [3.8, 4) is 0 Å². The molecule has 1 amide bonds. The van der Waals surface area contributed by atoms with E-state index < -0.39 is 20.9 Å². The molecule has 8 nitrogen and oxygen atoms in total. The van der Waals surface area contributed by atoms with Crippen LogP contribution in [-0.2, 0) is 10.0 Å². The van der Waals surface area contributed by atoms with Crippen molar-refractivity contribution in [2.24, 2.45) is 0 Å². The van der Waals surface area contributed by atoms with Gasteiger partial charge in [-0.2, -0.15) is 0 Å². The predicted molar refractivity (Wildman–Crippen MR) is 100 cm³/mol. The second-order valence-electron chi connectivity index (χ2n) is 5.56. The minimum atomic E-state index is -3.46. The average molecular weight is 398 g/mol. The highest BCUT2D eigenvalue weighted by atomic mass is 35.5. The van der Waals surface area contributed by atoms with E-state index in [1.165, 1.54) is 44.3 Å². The van der Waals surface area contributed by atoms with E-state index in [0.717, 1.165) is 10.6 Å². The average Bonchev–Trinajstić information content (AvgIpc) is 2.54. The van der Waals surface area contributed by atoms with Crippen LogP contribution in [0.2, 0.25) is 5.02 Å². The van der Waals surface area contributed by atoms with Crippen molar-refractivity contribution in [1.29, 1.82) is 0 Å². The lowest BCUT2D eigenvalue weighted by atomic mass is 10.1. The van der Waals surface area contributed by atoms with E-state index in [1.54, 1.807) is 6.07 Å². The van der Waals surface area contributed by atoms with Gasteiger partial charge in [0.05, 0.1) is 38.7 Å². The van der Waals surface area contributed by atoms with Gasteiger partial charge in [-0.05, 0) is 31.2 Å². The summed E-state index contributed by atoms with van der Waals surface area (Å²) in [5, 5.41) is 13.6. The number of nitrogens with one attached hydrogen (secondary N) is 1. The molecule has 2 rings (SSSR count). The lowest BCUT2D eigenvalue weighted by molar-refractivity contribution is -0.385.